The molecule has 0 N–H and O–H groups in total. The van der Waals surface area contributed by atoms with Crippen molar-refractivity contribution in [2.24, 2.45) is 5.41 Å². The fraction of sp³-hybridized carbons (Fsp3) is 0.533. The second-order valence-electron chi connectivity index (χ2n) is 5.67. The van der Waals surface area contributed by atoms with Gasteiger partial charge >= 0.3 is 0 Å². The summed E-state index contributed by atoms with van der Waals surface area (Å²) < 4.78 is 0. The fourth-order valence-electron chi connectivity index (χ4n) is 3.20. The van der Waals surface area contributed by atoms with E-state index in [0.29, 0.717) is 5.78 Å². The van der Waals surface area contributed by atoms with Crippen LogP contribution in [-0.4, -0.2) is 29.8 Å². The second kappa shape index (κ2) is 3.95. The molecule has 2 bridgehead atoms. The van der Waals surface area contributed by atoms with E-state index in [1.54, 1.807) is 0 Å². The van der Waals surface area contributed by atoms with Gasteiger partial charge in [0.2, 0.25) is 0 Å². The van der Waals surface area contributed by atoms with Crippen LogP contribution in [0.5, 0.6) is 0 Å². The Morgan fingerprint density at radius 1 is 1.24 bits per heavy atom. The van der Waals surface area contributed by atoms with E-state index < -0.39 is 0 Å². The molecule has 1 aromatic rings. The number of ketones is 1. The van der Waals surface area contributed by atoms with Gasteiger partial charge in [-0.2, -0.15) is 0 Å². The molecule has 4 rings (SSSR count). The van der Waals surface area contributed by atoms with Crippen LogP contribution < -0.4 is 0 Å². The van der Waals surface area contributed by atoms with Crippen LogP contribution in [0, 0.1) is 5.41 Å². The van der Waals surface area contributed by atoms with E-state index in [2.05, 4.69) is 36.1 Å². The van der Waals surface area contributed by atoms with Crippen LogP contribution in [0.15, 0.2) is 30.3 Å². The van der Waals surface area contributed by atoms with E-state index >= 15 is 0 Å². The molecule has 0 amide bonds. The lowest BCUT2D eigenvalue weighted by molar-refractivity contribution is -0.145. The molecule has 17 heavy (non-hydrogen) atoms. The predicted octanol–water partition coefficient (Wildman–Crippen LogP) is 2.28. The first kappa shape index (κ1) is 11.0. The quantitative estimate of drug-likeness (QED) is 0.775. The van der Waals surface area contributed by atoms with Crippen molar-refractivity contribution in [3.05, 3.63) is 35.9 Å². The number of fused-ring (bicyclic) bond motifs is 3. The minimum atomic E-state index is -0.0335. The molecule has 90 valence electrons. The minimum Gasteiger partial charge on any atom is -0.297 e. The van der Waals surface area contributed by atoms with Crippen molar-refractivity contribution in [2.45, 2.75) is 32.2 Å². The van der Waals surface area contributed by atoms with Crippen LogP contribution in [0.2, 0.25) is 0 Å². The van der Waals surface area contributed by atoms with Gasteiger partial charge in [0.1, 0.15) is 0 Å². The van der Waals surface area contributed by atoms with E-state index in [1.165, 1.54) is 5.56 Å². The highest BCUT2D eigenvalue weighted by atomic mass is 16.1. The second-order valence-corrected chi connectivity index (χ2v) is 5.67. The lowest BCUT2D eigenvalue weighted by Gasteiger charge is -2.50. The lowest BCUT2D eigenvalue weighted by atomic mass is 9.68. The average molecular weight is 229 g/mol. The third-order valence-corrected chi connectivity index (χ3v) is 4.51. The molecule has 1 aromatic carbocycles. The van der Waals surface area contributed by atoms with Gasteiger partial charge in [0.25, 0.3) is 0 Å². The Kier molecular flexibility index (Phi) is 2.55. The molecule has 3 aliphatic heterocycles. The maximum absolute atomic E-state index is 12.5. The van der Waals surface area contributed by atoms with Crippen molar-refractivity contribution in [1.82, 2.24) is 4.90 Å². The summed E-state index contributed by atoms with van der Waals surface area (Å²) in [5.41, 5.74) is 1.25. The van der Waals surface area contributed by atoms with Crippen molar-refractivity contribution < 1.29 is 4.79 Å². The van der Waals surface area contributed by atoms with Crippen LogP contribution in [0.3, 0.4) is 0 Å². The summed E-state index contributed by atoms with van der Waals surface area (Å²) in [5, 5.41) is 0. The molecule has 0 radical (unpaired) electrons. The first-order valence-corrected chi connectivity index (χ1v) is 6.51. The molecular formula is C15H19NO. The Morgan fingerprint density at radius 2 is 1.88 bits per heavy atom. The van der Waals surface area contributed by atoms with Crippen molar-refractivity contribution >= 4 is 5.78 Å². The van der Waals surface area contributed by atoms with Gasteiger partial charge in [-0.25, -0.2) is 0 Å². The van der Waals surface area contributed by atoms with Crippen LogP contribution >= 0.6 is 0 Å². The van der Waals surface area contributed by atoms with Crippen LogP contribution in [0.4, 0.5) is 0 Å². The zero-order valence-corrected chi connectivity index (χ0v) is 10.4. The Morgan fingerprint density at radius 3 is 2.53 bits per heavy atom. The smallest absolute Gasteiger partial charge is 0.156 e. The van der Waals surface area contributed by atoms with E-state index in [4.69, 9.17) is 0 Å². The maximum atomic E-state index is 12.5. The normalized spacial score (nSPS) is 36.2. The summed E-state index contributed by atoms with van der Waals surface area (Å²) in [6, 6.07) is 10.5. The van der Waals surface area contributed by atoms with Crippen molar-refractivity contribution in [1.29, 1.82) is 0 Å². The molecular weight excluding hydrogens is 210 g/mol. The Bertz CT molecular complexity index is 418. The van der Waals surface area contributed by atoms with Gasteiger partial charge in [0.05, 0.1) is 6.04 Å². The van der Waals surface area contributed by atoms with E-state index in [0.717, 1.165) is 32.4 Å². The van der Waals surface area contributed by atoms with Crippen molar-refractivity contribution in [3.63, 3.8) is 0 Å². The van der Waals surface area contributed by atoms with E-state index in [1.807, 2.05) is 6.07 Å². The SMILES string of the molecule is CC12CCN(CC1)C(Cc1ccccc1)C2=O. The van der Waals surface area contributed by atoms with Gasteiger partial charge in [0, 0.05) is 5.41 Å². The summed E-state index contributed by atoms with van der Waals surface area (Å²) in [7, 11) is 0. The number of piperidine rings is 3. The zero-order valence-electron chi connectivity index (χ0n) is 10.4. The molecule has 3 fully saturated rings. The Hall–Kier alpha value is -1.15. The first-order chi connectivity index (χ1) is 8.19. The largest absolute Gasteiger partial charge is 0.297 e. The number of Topliss-reactive ketones (excluding diaryl/α,β-unsaturated/α-hetero) is 1. The van der Waals surface area contributed by atoms with Gasteiger partial charge in [-0.1, -0.05) is 37.3 Å². The van der Waals surface area contributed by atoms with Crippen LogP contribution in [0.25, 0.3) is 0 Å². The van der Waals surface area contributed by atoms with Gasteiger partial charge in [-0.15, -0.1) is 0 Å². The standard InChI is InChI=1S/C15H19NO/c1-15-7-9-16(10-8-15)13(14(15)17)11-12-5-3-2-4-6-12/h2-6,13H,7-11H2,1H3. The third kappa shape index (κ3) is 1.81. The van der Waals surface area contributed by atoms with Gasteiger partial charge in [-0.05, 0) is 37.9 Å². The Balaban J connectivity index is 1.82. The summed E-state index contributed by atoms with van der Waals surface area (Å²) in [4.78, 5) is 14.8. The highest BCUT2D eigenvalue weighted by Gasteiger charge is 2.48. The summed E-state index contributed by atoms with van der Waals surface area (Å²) in [6.45, 7) is 4.35. The molecule has 0 spiro atoms. The molecule has 0 aliphatic carbocycles. The summed E-state index contributed by atoms with van der Waals surface area (Å²) in [6.07, 6.45) is 2.99. The Labute approximate surface area is 103 Å². The van der Waals surface area contributed by atoms with E-state index in [-0.39, 0.29) is 11.5 Å². The molecule has 1 unspecified atom stereocenters. The monoisotopic (exact) mass is 229 g/mol. The number of nitrogens with zero attached hydrogens (tertiary/aromatic N) is 1. The minimum absolute atomic E-state index is 0.0335. The maximum Gasteiger partial charge on any atom is 0.156 e. The molecule has 2 nitrogen and oxygen atoms in total. The summed E-state index contributed by atoms with van der Waals surface area (Å²) in [5.74, 6) is 0.471. The molecule has 0 saturated carbocycles. The van der Waals surface area contributed by atoms with Crippen molar-refractivity contribution in [2.75, 3.05) is 13.1 Å². The number of rotatable bonds is 2. The molecule has 3 saturated heterocycles. The van der Waals surface area contributed by atoms with Gasteiger partial charge in [-0.3, -0.25) is 9.69 Å². The molecule has 3 heterocycles. The lowest BCUT2D eigenvalue weighted by Crippen LogP contribution is -2.60. The summed E-state index contributed by atoms with van der Waals surface area (Å²) >= 11 is 0. The average Bonchev–Trinajstić information content (AvgIpc) is 2.36. The number of carbonyl (C=O) groups is 1. The van der Waals surface area contributed by atoms with E-state index in [9.17, 15) is 4.79 Å². The molecule has 3 aliphatic rings. The number of hydrogen-bond donors (Lipinski definition) is 0. The number of carbonyl (C=O) groups excluding carboxylic acids is 1. The highest BCUT2D eigenvalue weighted by Crippen LogP contribution is 2.40. The molecule has 1 atom stereocenters. The third-order valence-electron chi connectivity index (χ3n) is 4.51. The van der Waals surface area contributed by atoms with Crippen molar-refractivity contribution in [3.8, 4) is 0 Å². The van der Waals surface area contributed by atoms with Crippen LogP contribution in [-0.2, 0) is 11.2 Å². The van der Waals surface area contributed by atoms with Gasteiger partial charge < -0.3 is 0 Å². The zero-order chi connectivity index (χ0) is 11.9. The van der Waals surface area contributed by atoms with Gasteiger partial charge in [0.15, 0.2) is 5.78 Å². The number of benzene rings is 1. The molecule has 2 heteroatoms. The highest BCUT2D eigenvalue weighted by molar-refractivity contribution is 5.91. The van der Waals surface area contributed by atoms with Crippen LogP contribution in [0.1, 0.15) is 25.3 Å². The number of hydrogen-bond acceptors (Lipinski definition) is 2. The molecule has 0 aromatic heterocycles. The predicted molar refractivity (Wildman–Crippen MR) is 67.9 cm³/mol. The topological polar surface area (TPSA) is 20.3 Å². The fourth-order valence-corrected chi connectivity index (χ4v) is 3.20. The first-order valence-electron chi connectivity index (χ1n) is 6.51.